The fourth-order valence-corrected chi connectivity index (χ4v) is 3.49. The lowest BCUT2D eigenvalue weighted by molar-refractivity contribution is -0.121. The predicted octanol–water partition coefficient (Wildman–Crippen LogP) is 3.88. The summed E-state index contributed by atoms with van der Waals surface area (Å²) in [5.41, 5.74) is 0.432. The van der Waals surface area contributed by atoms with Crippen LogP contribution in [-0.4, -0.2) is 5.78 Å². The van der Waals surface area contributed by atoms with E-state index in [1.807, 2.05) is 6.08 Å². The molecule has 2 rings (SSSR count). The minimum atomic E-state index is 0.362. The van der Waals surface area contributed by atoms with Gasteiger partial charge in [0.05, 0.1) is 0 Å². The number of carbonyl (C=O) groups is 1. The average Bonchev–Trinajstić information content (AvgIpc) is 2.53. The summed E-state index contributed by atoms with van der Waals surface area (Å²) in [6, 6.07) is 0. The molecule has 2 aliphatic carbocycles. The molecule has 0 heterocycles. The monoisotopic (exact) mass is 206 g/mol. The molecule has 2 aliphatic rings. The summed E-state index contributed by atoms with van der Waals surface area (Å²) in [5, 5.41) is 0. The lowest BCUT2D eigenvalue weighted by Gasteiger charge is -2.32. The van der Waals surface area contributed by atoms with Gasteiger partial charge >= 0.3 is 0 Å². The Balaban J connectivity index is 1.95. The van der Waals surface area contributed by atoms with Crippen molar-refractivity contribution in [3.63, 3.8) is 0 Å². The minimum absolute atomic E-state index is 0.362. The van der Waals surface area contributed by atoms with Gasteiger partial charge in [0.1, 0.15) is 5.78 Å². The van der Waals surface area contributed by atoms with Crippen molar-refractivity contribution < 1.29 is 4.79 Å². The van der Waals surface area contributed by atoms with E-state index in [9.17, 15) is 4.79 Å². The molecule has 1 nitrogen and oxygen atoms in total. The van der Waals surface area contributed by atoms with Gasteiger partial charge in [-0.2, -0.15) is 0 Å². The van der Waals surface area contributed by atoms with Gasteiger partial charge in [-0.15, -0.1) is 6.58 Å². The van der Waals surface area contributed by atoms with Crippen LogP contribution in [0.2, 0.25) is 0 Å². The highest BCUT2D eigenvalue weighted by Crippen LogP contribution is 2.50. The molecule has 0 N–H and O–H groups in total. The molecule has 0 aromatic heterocycles. The number of hydrogen-bond donors (Lipinski definition) is 0. The first-order valence-electron chi connectivity index (χ1n) is 6.39. The minimum Gasteiger partial charge on any atom is -0.299 e. The second-order valence-corrected chi connectivity index (χ2v) is 5.47. The number of carbonyl (C=O) groups excluding carboxylic acids is 1. The highest BCUT2D eigenvalue weighted by molar-refractivity contribution is 5.84. The van der Waals surface area contributed by atoms with Gasteiger partial charge in [-0.05, 0) is 37.5 Å². The van der Waals surface area contributed by atoms with Crippen LogP contribution >= 0.6 is 0 Å². The Labute approximate surface area is 92.9 Å². The average molecular weight is 206 g/mol. The first-order valence-corrected chi connectivity index (χ1v) is 6.39. The van der Waals surface area contributed by atoms with Crippen molar-refractivity contribution in [1.29, 1.82) is 0 Å². The maximum Gasteiger partial charge on any atom is 0.136 e. The van der Waals surface area contributed by atoms with Crippen LogP contribution < -0.4 is 0 Å². The molecule has 0 aromatic rings. The molecule has 0 aromatic carbocycles. The molecule has 0 aliphatic heterocycles. The Kier molecular flexibility index (Phi) is 3.28. The van der Waals surface area contributed by atoms with Crippen molar-refractivity contribution in [3.8, 4) is 0 Å². The summed E-state index contributed by atoms with van der Waals surface area (Å²) in [6.07, 6.45) is 12.8. The van der Waals surface area contributed by atoms with Crippen LogP contribution in [0, 0.1) is 11.3 Å². The maximum atomic E-state index is 11.9. The van der Waals surface area contributed by atoms with E-state index in [0.29, 0.717) is 17.1 Å². The van der Waals surface area contributed by atoms with Crippen molar-refractivity contribution in [3.05, 3.63) is 12.7 Å². The van der Waals surface area contributed by atoms with Gasteiger partial charge in [-0.3, -0.25) is 4.79 Å². The summed E-state index contributed by atoms with van der Waals surface area (Å²) in [6.45, 7) is 3.74. The fourth-order valence-electron chi connectivity index (χ4n) is 3.49. The van der Waals surface area contributed by atoms with Crippen LogP contribution in [0.25, 0.3) is 0 Å². The molecule has 1 heteroatoms. The molecule has 1 atom stereocenters. The Hall–Kier alpha value is -0.590. The summed E-state index contributed by atoms with van der Waals surface area (Å²) < 4.78 is 0. The number of rotatable bonds is 3. The van der Waals surface area contributed by atoms with E-state index in [0.717, 1.165) is 19.3 Å². The molecular weight excluding hydrogens is 184 g/mol. The van der Waals surface area contributed by atoms with E-state index in [1.54, 1.807) is 0 Å². The van der Waals surface area contributed by atoms with E-state index in [2.05, 4.69) is 6.58 Å². The van der Waals surface area contributed by atoms with Gasteiger partial charge in [0.2, 0.25) is 0 Å². The van der Waals surface area contributed by atoms with Crippen LogP contribution in [0.1, 0.15) is 57.8 Å². The van der Waals surface area contributed by atoms with Crippen LogP contribution in [0.15, 0.2) is 12.7 Å². The number of Topliss-reactive ketones (excluding diaryl/α,β-unsaturated/α-hetero) is 1. The van der Waals surface area contributed by atoms with Crippen LogP contribution in [0.5, 0.6) is 0 Å². The van der Waals surface area contributed by atoms with Gasteiger partial charge < -0.3 is 0 Å². The number of allylic oxidation sites excluding steroid dienone is 1. The summed E-state index contributed by atoms with van der Waals surface area (Å²) >= 11 is 0. The molecule has 15 heavy (non-hydrogen) atoms. The third kappa shape index (κ3) is 2.32. The molecular formula is C14H22O. The maximum absolute atomic E-state index is 11.9. The van der Waals surface area contributed by atoms with Gasteiger partial charge in [0.15, 0.2) is 0 Å². The lowest BCUT2D eigenvalue weighted by atomic mass is 9.72. The second kappa shape index (κ2) is 4.51. The van der Waals surface area contributed by atoms with Crippen molar-refractivity contribution in [2.24, 2.45) is 11.3 Å². The van der Waals surface area contributed by atoms with Gasteiger partial charge in [0, 0.05) is 12.3 Å². The van der Waals surface area contributed by atoms with E-state index < -0.39 is 0 Å². The first-order chi connectivity index (χ1) is 7.26. The van der Waals surface area contributed by atoms with Gasteiger partial charge in [0.25, 0.3) is 0 Å². The summed E-state index contributed by atoms with van der Waals surface area (Å²) in [4.78, 5) is 11.9. The topological polar surface area (TPSA) is 17.1 Å². The molecule has 84 valence electrons. The quantitative estimate of drug-likeness (QED) is 0.640. The molecule has 2 fully saturated rings. The molecule has 0 amide bonds. The molecule has 0 saturated heterocycles. The second-order valence-electron chi connectivity index (χ2n) is 5.47. The van der Waals surface area contributed by atoms with E-state index >= 15 is 0 Å². The van der Waals surface area contributed by atoms with Crippen molar-refractivity contribution in [1.82, 2.24) is 0 Å². The zero-order valence-electron chi connectivity index (χ0n) is 9.63. The third-order valence-corrected chi connectivity index (χ3v) is 4.32. The lowest BCUT2D eigenvalue weighted by Crippen LogP contribution is -2.20. The Morgan fingerprint density at radius 2 is 2.07 bits per heavy atom. The molecule has 2 saturated carbocycles. The van der Waals surface area contributed by atoms with Crippen molar-refractivity contribution in [2.45, 2.75) is 57.8 Å². The first kappa shape index (κ1) is 10.9. The van der Waals surface area contributed by atoms with Crippen LogP contribution in [0.4, 0.5) is 0 Å². The highest BCUT2D eigenvalue weighted by Gasteiger charge is 2.44. The zero-order chi connectivity index (χ0) is 10.7. The van der Waals surface area contributed by atoms with Crippen molar-refractivity contribution in [2.75, 3.05) is 0 Å². The summed E-state index contributed by atoms with van der Waals surface area (Å²) in [5.74, 6) is 0.903. The Morgan fingerprint density at radius 1 is 1.33 bits per heavy atom. The standard InChI is InChI=1S/C14H22O/c1-2-3-7-12-10-14(11-13(12)15)8-5-4-6-9-14/h2,12H,1,3-11H2. The van der Waals surface area contributed by atoms with Gasteiger partial charge in [-0.25, -0.2) is 0 Å². The third-order valence-electron chi connectivity index (χ3n) is 4.32. The highest BCUT2D eigenvalue weighted by atomic mass is 16.1. The van der Waals surface area contributed by atoms with Crippen LogP contribution in [0.3, 0.4) is 0 Å². The Morgan fingerprint density at radius 3 is 2.73 bits per heavy atom. The fraction of sp³-hybridized carbons (Fsp3) is 0.786. The van der Waals surface area contributed by atoms with E-state index in [4.69, 9.17) is 0 Å². The molecule has 0 radical (unpaired) electrons. The SMILES string of the molecule is C=CCCC1CC2(CCCCC2)CC1=O. The van der Waals surface area contributed by atoms with Crippen LogP contribution in [-0.2, 0) is 4.79 Å². The van der Waals surface area contributed by atoms with Gasteiger partial charge in [-0.1, -0.05) is 25.3 Å². The molecule has 0 bridgehead atoms. The number of hydrogen-bond acceptors (Lipinski definition) is 1. The zero-order valence-corrected chi connectivity index (χ0v) is 9.63. The molecule has 1 unspecified atom stereocenters. The smallest absolute Gasteiger partial charge is 0.136 e. The predicted molar refractivity (Wildman–Crippen MR) is 62.7 cm³/mol. The largest absolute Gasteiger partial charge is 0.299 e. The van der Waals surface area contributed by atoms with E-state index in [-0.39, 0.29) is 0 Å². The number of ketones is 1. The van der Waals surface area contributed by atoms with E-state index in [1.165, 1.54) is 38.5 Å². The Bertz CT molecular complexity index is 248. The normalized spacial score (nSPS) is 29.6. The van der Waals surface area contributed by atoms with Crippen molar-refractivity contribution >= 4 is 5.78 Å². The summed E-state index contributed by atoms with van der Waals surface area (Å²) in [7, 11) is 0. The molecule has 1 spiro atoms.